The van der Waals surface area contributed by atoms with Crippen LogP contribution in [-0.4, -0.2) is 9.78 Å². The molecule has 2 aromatic carbocycles. The Morgan fingerprint density at radius 1 is 1.21 bits per heavy atom. The van der Waals surface area contributed by atoms with Gasteiger partial charge >= 0.3 is 0 Å². The summed E-state index contributed by atoms with van der Waals surface area (Å²) < 4.78 is 17.1. The quantitative estimate of drug-likeness (QED) is 0.448. The number of aromatic nitrogens is 2. The van der Waals surface area contributed by atoms with Gasteiger partial charge in [0.1, 0.15) is 0 Å². The summed E-state index contributed by atoms with van der Waals surface area (Å²) in [4.78, 5) is 2.09. The molecule has 1 aromatic heterocycles. The second-order valence-corrected chi connectivity index (χ2v) is 8.66. The maximum absolute atomic E-state index is 15.1. The molecule has 1 unspecified atom stereocenters. The van der Waals surface area contributed by atoms with E-state index in [9.17, 15) is 0 Å². The summed E-state index contributed by atoms with van der Waals surface area (Å²) in [6.45, 7) is 9.77. The van der Waals surface area contributed by atoms with Crippen LogP contribution in [0.15, 0.2) is 36.4 Å². The topological polar surface area (TPSA) is 21.1 Å². The predicted octanol–water partition coefficient (Wildman–Crippen LogP) is 6.89. The van der Waals surface area contributed by atoms with Crippen LogP contribution in [-0.2, 0) is 13.1 Å². The zero-order valence-corrected chi connectivity index (χ0v) is 18.5. The molecule has 0 N–H and O–H groups in total. The summed E-state index contributed by atoms with van der Waals surface area (Å²) in [5.74, 6) is -0.145. The molecule has 0 aliphatic carbocycles. The van der Waals surface area contributed by atoms with E-state index in [4.69, 9.17) is 28.3 Å². The fraction of sp³-hybridized carbons (Fsp3) is 0.348. The summed E-state index contributed by atoms with van der Waals surface area (Å²) in [5, 5.41) is 5.68. The van der Waals surface area contributed by atoms with E-state index in [1.807, 2.05) is 22.9 Å². The van der Waals surface area contributed by atoms with Gasteiger partial charge in [-0.3, -0.25) is 4.68 Å². The molecule has 3 nitrogen and oxygen atoms in total. The normalized spacial score (nSPS) is 16.0. The van der Waals surface area contributed by atoms with Crippen molar-refractivity contribution in [2.24, 2.45) is 0 Å². The lowest BCUT2D eigenvalue weighted by Crippen LogP contribution is -2.26. The minimum Gasteiger partial charge on any atom is -0.352 e. The molecule has 0 fully saturated rings. The fourth-order valence-electron chi connectivity index (χ4n) is 4.26. The first-order valence-electron chi connectivity index (χ1n) is 9.89. The summed E-state index contributed by atoms with van der Waals surface area (Å²) in [6.07, 6.45) is 0. The van der Waals surface area contributed by atoms with E-state index in [-0.39, 0.29) is 17.0 Å². The van der Waals surface area contributed by atoms with Gasteiger partial charge in [0.25, 0.3) is 0 Å². The molecular weight excluding hydrogens is 408 g/mol. The Morgan fingerprint density at radius 2 is 1.97 bits per heavy atom. The maximum Gasteiger partial charge on any atom is 0.165 e. The largest absolute Gasteiger partial charge is 0.352 e. The van der Waals surface area contributed by atoms with Gasteiger partial charge in [-0.05, 0) is 55.2 Å². The molecule has 0 radical (unpaired) electrons. The van der Waals surface area contributed by atoms with E-state index in [1.54, 1.807) is 18.2 Å². The number of aryl methyl sites for hydroxylation is 2. The third-order valence-corrected chi connectivity index (χ3v) is 6.18. The molecule has 2 heterocycles. The van der Waals surface area contributed by atoms with Crippen molar-refractivity contribution in [2.45, 2.75) is 52.7 Å². The third-order valence-electron chi connectivity index (χ3n) is 5.66. The number of nitrogens with zero attached hydrogens (tertiary/aromatic N) is 3. The van der Waals surface area contributed by atoms with E-state index in [0.29, 0.717) is 17.3 Å². The first kappa shape index (κ1) is 20.2. The van der Waals surface area contributed by atoms with Crippen LogP contribution in [0.5, 0.6) is 0 Å². The van der Waals surface area contributed by atoms with E-state index >= 15 is 4.39 Å². The molecule has 1 aliphatic heterocycles. The molecule has 29 heavy (non-hydrogen) atoms. The number of rotatable bonds is 4. The van der Waals surface area contributed by atoms with Crippen LogP contribution in [0.2, 0.25) is 10.0 Å². The maximum atomic E-state index is 15.1. The molecule has 4 rings (SSSR count). The number of hydrogen-bond acceptors (Lipinski definition) is 2. The zero-order chi connectivity index (χ0) is 20.9. The van der Waals surface area contributed by atoms with Crippen LogP contribution in [0, 0.1) is 12.7 Å². The third kappa shape index (κ3) is 3.32. The SMILES string of the molecule is CCn1nc(C(C)C)c2c1CN(c1cccc(Cl)c1F)C2c1cc(Cl)ccc1C. The van der Waals surface area contributed by atoms with Gasteiger partial charge in [0.15, 0.2) is 5.82 Å². The van der Waals surface area contributed by atoms with Crippen molar-refractivity contribution in [3.05, 3.63) is 80.3 Å². The molecule has 0 saturated heterocycles. The Morgan fingerprint density at radius 3 is 2.66 bits per heavy atom. The standard InChI is InChI=1S/C23H24Cl2FN3/c1-5-29-19-12-28(18-8-6-7-17(25)21(18)26)23(20(19)22(27-29)13(2)3)16-11-15(24)10-9-14(16)4/h6-11,13,23H,5,12H2,1-4H3. The average molecular weight is 432 g/mol. The van der Waals surface area contributed by atoms with E-state index in [0.717, 1.165) is 34.6 Å². The second kappa shape index (κ2) is 7.66. The smallest absolute Gasteiger partial charge is 0.165 e. The fourth-order valence-corrected chi connectivity index (χ4v) is 4.61. The van der Waals surface area contributed by atoms with Gasteiger partial charge in [0.05, 0.1) is 34.7 Å². The molecule has 152 valence electrons. The van der Waals surface area contributed by atoms with Gasteiger partial charge in [0.2, 0.25) is 0 Å². The second-order valence-electron chi connectivity index (χ2n) is 7.82. The Bertz CT molecular complexity index is 1070. The highest BCUT2D eigenvalue weighted by Crippen LogP contribution is 2.47. The Balaban J connectivity index is 1.99. The van der Waals surface area contributed by atoms with Gasteiger partial charge in [-0.25, -0.2) is 4.39 Å². The van der Waals surface area contributed by atoms with Crippen LogP contribution >= 0.6 is 23.2 Å². The molecule has 6 heteroatoms. The van der Waals surface area contributed by atoms with E-state index < -0.39 is 5.82 Å². The monoisotopic (exact) mass is 431 g/mol. The lowest BCUT2D eigenvalue weighted by Gasteiger charge is -2.30. The van der Waals surface area contributed by atoms with Crippen molar-refractivity contribution in [2.75, 3.05) is 4.90 Å². The van der Waals surface area contributed by atoms with Crippen LogP contribution in [0.1, 0.15) is 60.8 Å². The highest BCUT2D eigenvalue weighted by Gasteiger charge is 2.40. The molecule has 3 aromatic rings. The zero-order valence-electron chi connectivity index (χ0n) is 17.0. The summed E-state index contributed by atoms with van der Waals surface area (Å²) in [7, 11) is 0. The van der Waals surface area contributed by atoms with Gasteiger partial charge < -0.3 is 4.90 Å². The summed E-state index contributed by atoms with van der Waals surface area (Å²) in [6, 6.07) is 10.9. The Kier molecular flexibility index (Phi) is 5.34. The molecule has 1 aliphatic rings. The highest BCUT2D eigenvalue weighted by molar-refractivity contribution is 6.31. The summed E-state index contributed by atoms with van der Waals surface area (Å²) in [5.41, 5.74) is 6.00. The van der Waals surface area contributed by atoms with Crippen molar-refractivity contribution in [1.29, 1.82) is 0 Å². The molecular formula is C23H24Cl2FN3. The van der Waals surface area contributed by atoms with E-state index in [1.165, 1.54) is 0 Å². The molecule has 1 atom stereocenters. The number of anilines is 1. The van der Waals surface area contributed by atoms with Crippen LogP contribution in [0.3, 0.4) is 0 Å². The van der Waals surface area contributed by atoms with Crippen molar-refractivity contribution >= 4 is 28.9 Å². The molecule has 0 spiro atoms. The number of benzene rings is 2. The Hall–Kier alpha value is -2.04. The minimum absolute atomic E-state index is 0.126. The minimum atomic E-state index is -0.397. The van der Waals surface area contributed by atoms with Gasteiger partial charge in [-0.2, -0.15) is 5.10 Å². The van der Waals surface area contributed by atoms with Crippen molar-refractivity contribution < 1.29 is 4.39 Å². The lowest BCUT2D eigenvalue weighted by molar-refractivity contribution is 0.584. The first-order chi connectivity index (χ1) is 13.8. The molecule has 0 saturated carbocycles. The molecule has 0 bridgehead atoms. The van der Waals surface area contributed by atoms with Crippen LogP contribution < -0.4 is 4.90 Å². The molecule has 0 amide bonds. The highest BCUT2D eigenvalue weighted by atomic mass is 35.5. The van der Waals surface area contributed by atoms with Crippen molar-refractivity contribution in [3.63, 3.8) is 0 Å². The average Bonchev–Trinajstić information content (AvgIpc) is 3.23. The summed E-state index contributed by atoms with van der Waals surface area (Å²) >= 11 is 12.5. The first-order valence-corrected chi connectivity index (χ1v) is 10.6. The number of halogens is 3. The lowest BCUT2D eigenvalue weighted by atomic mass is 9.92. The van der Waals surface area contributed by atoms with Crippen LogP contribution in [0.4, 0.5) is 10.1 Å². The van der Waals surface area contributed by atoms with E-state index in [2.05, 4.69) is 32.6 Å². The number of fused-ring (bicyclic) bond motifs is 1. The predicted molar refractivity (Wildman–Crippen MR) is 118 cm³/mol. The Labute approximate surface area is 181 Å². The van der Waals surface area contributed by atoms with Gasteiger partial charge in [0, 0.05) is 17.1 Å². The van der Waals surface area contributed by atoms with Crippen LogP contribution in [0.25, 0.3) is 0 Å². The van der Waals surface area contributed by atoms with Crippen molar-refractivity contribution in [3.8, 4) is 0 Å². The van der Waals surface area contributed by atoms with Crippen molar-refractivity contribution in [1.82, 2.24) is 9.78 Å². The van der Waals surface area contributed by atoms with Gasteiger partial charge in [-0.15, -0.1) is 0 Å². The number of hydrogen-bond donors (Lipinski definition) is 0. The van der Waals surface area contributed by atoms with Gasteiger partial charge in [-0.1, -0.05) is 49.2 Å².